The number of hydrogen-bond donors (Lipinski definition) is 1. The van der Waals surface area contributed by atoms with Gasteiger partial charge in [0.1, 0.15) is 0 Å². The number of para-hydroxylation sites is 1. The Labute approximate surface area is 184 Å². The van der Waals surface area contributed by atoms with E-state index in [1.54, 1.807) is 11.8 Å². The summed E-state index contributed by atoms with van der Waals surface area (Å²) in [5, 5.41) is 0. The van der Waals surface area contributed by atoms with E-state index in [0.717, 1.165) is 61.6 Å². The van der Waals surface area contributed by atoms with Crippen LogP contribution in [0.15, 0.2) is 52.3 Å². The molecule has 2 heterocycles. The maximum Gasteiger partial charge on any atom is 0.220 e. The summed E-state index contributed by atoms with van der Waals surface area (Å²) in [6, 6.07) is 14.3. The summed E-state index contributed by atoms with van der Waals surface area (Å²) in [7, 11) is 0. The summed E-state index contributed by atoms with van der Waals surface area (Å²) in [6.45, 7) is 3.65. The first-order chi connectivity index (χ1) is 14.5. The van der Waals surface area contributed by atoms with Crippen LogP contribution >= 0.6 is 11.8 Å². The zero-order valence-electron chi connectivity index (χ0n) is 16.8. The first-order valence-electron chi connectivity index (χ1n) is 10.3. The molecule has 2 aliphatic heterocycles. The fourth-order valence-corrected chi connectivity index (χ4v) is 5.76. The normalized spacial score (nSPS) is 18.0. The third-order valence-corrected chi connectivity index (χ3v) is 7.52. The summed E-state index contributed by atoms with van der Waals surface area (Å²) in [5.41, 5.74) is 8.49. The molecule has 0 bridgehead atoms. The van der Waals surface area contributed by atoms with E-state index < -0.39 is 11.1 Å². The van der Waals surface area contributed by atoms with Gasteiger partial charge in [0.2, 0.25) is 5.91 Å². The predicted molar refractivity (Wildman–Crippen MR) is 120 cm³/mol. The van der Waals surface area contributed by atoms with Gasteiger partial charge in [-0.05, 0) is 68.7 Å². The Morgan fingerprint density at radius 3 is 2.57 bits per heavy atom. The van der Waals surface area contributed by atoms with Gasteiger partial charge in [-0.25, -0.2) is 0 Å². The van der Waals surface area contributed by atoms with Crippen LogP contribution in [0.1, 0.15) is 24.8 Å². The molecular weight excluding hydrogens is 418 g/mol. The molecule has 1 amide bonds. The number of likely N-dealkylation sites (tertiary alicyclic amines) is 1. The fourth-order valence-electron chi connectivity index (χ4n) is 4.24. The number of amides is 1. The number of carbonyl (C=O) groups is 1. The van der Waals surface area contributed by atoms with Crippen molar-refractivity contribution in [2.75, 3.05) is 31.1 Å². The summed E-state index contributed by atoms with van der Waals surface area (Å²) in [5.74, 6) is -0.130. The molecule has 2 aliphatic rings. The first kappa shape index (κ1) is 21.4. The second-order valence-corrected chi connectivity index (χ2v) is 9.82. The van der Waals surface area contributed by atoms with Crippen molar-refractivity contribution >= 4 is 40.1 Å². The molecule has 6 nitrogen and oxygen atoms in total. The Morgan fingerprint density at radius 1 is 1.10 bits per heavy atom. The van der Waals surface area contributed by atoms with Gasteiger partial charge in [-0.1, -0.05) is 41.0 Å². The number of primary amides is 1. The standard InChI is InChI=1S/C22H27N3O3S2/c23-22(26)17-8-12-24(13-9-17)10-3-11-25-18-4-1-2-5-20(18)29-21-7-6-16(14-19(21)25)15-30(27)28/h1-2,4-7,14,17H,3,8-13,15H2,(H2,23,26)(H,27,28)/p-1. The van der Waals surface area contributed by atoms with Crippen molar-refractivity contribution in [2.45, 2.75) is 34.8 Å². The second-order valence-electron chi connectivity index (χ2n) is 7.84. The first-order valence-corrected chi connectivity index (χ1v) is 12.3. The molecular formula is C22H26N3O3S2-. The Balaban J connectivity index is 1.47. The SMILES string of the molecule is NC(=O)C1CCN(CCCN2c3ccccc3Sc3ccc(CS(=O)[O-])cc32)CC1. The molecule has 2 N–H and O–H groups in total. The van der Waals surface area contributed by atoms with Crippen LogP contribution in [0.25, 0.3) is 0 Å². The van der Waals surface area contributed by atoms with Gasteiger partial charge >= 0.3 is 0 Å². The molecule has 1 atom stereocenters. The van der Waals surface area contributed by atoms with Crippen LogP contribution in [-0.4, -0.2) is 45.7 Å². The van der Waals surface area contributed by atoms with Crippen molar-refractivity contribution < 1.29 is 13.6 Å². The van der Waals surface area contributed by atoms with Crippen molar-refractivity contribution in [3.05, 3.63) is 48.0 Å². The van der Waals surface area contributed by atoms with Crippen molar-refractivity contribution in [3.63, 3.8) is 0 Å². The van der Waals surface area contributed by atoms with Gasteiger partial charge in [0.15, 0.2) is 0 Å². The van der Waals surface area contributed by atoms with Gasteiger partial charge in [-0.2, -0.15) is 0 Å². The zero-order valence-corrected chi connectivity index (χ0v) is 18.4. The topological polar surface area (TPSA) is 89.7 Å². The summed E-state index contributed by atoms with van der Waals surface area (Å²) in [4.78, 5) is 18.4. The molecule has 1 unspecified atom stereocenters. The van der Waals surface area contributed by atoms with Gasteiger partial charge in [0, 0.05) is 28.0 Å². The summed E-state index contributed by atoms with van der Waals surface area (Å²) in [6.07, 6.45) is 2.67. The van der Waals surface area contributed by atoms with E-state index in [1.165, 1.54) is 10.6 Å². The zero-order chi connectivity index (χ0) is 21.1. The Bertz CT molecular complexity index is 945. The molecule has 0 radical (unpaired) electrons. The molecule has 0 saturated carbocycles. The lowest BCUT2D eigenvalue weighted by Crippen LogP contribution is -2.39. The molecule has 2 aromatic rings. The van der Waals surface area contributed by atoms with E-state index in [2.05, 4.69) is 21.9 Å². The number of rotatable bonds is 7. The molecule has 160 valence electrons. The van der Waals surface area contributed by atoms with Crippen molar-refractivity contribution in [2.24, 2.45) is 11.7 Å². The Hall–Kier alpha value is -1.87. The highest BCUT2D eigenvalue weighted by molar-refractivity contribution is 7.99. The summed E-state index contributed by atoms with van der Waals surface area (Å²) >= 11 is -0.375. The minimum Gasteiger partial charge on any atom is -0.772 e. The average Bonchev–Trinajstić information content (AvgIpc) is 2.73. The van der Waals surface area contributed by atoms with Crippen molar-refractivity contribution in [1.82, 2.24) is 4.90 Å². The number of piperidine rings is 1. The second kappa shape index (κ2) is 9.51. The third kappa shape index (κ3) is 4.88. The van der Waals surface area contributed by atoms with Gasteiger partial charge < -0.3 is 20.1 Å². The number of nitrogens with zero attached hydrogens (tertiary/aromatic N) is 2. The molecule has 0 aromatic heterocycles. The third-order valence-electron chi connectivity index (χ3n) is 5.82. The van der Waals surface area contributed by atoms with Crippen LogP contribution in [0.5, 0.6) is 0 Å². The van der Waals surface area contributed by atoms with E-state index in [0.29, 0.717) is 0 Å². The van der Waals surface area contributed by atoms with Crippen molar-refractivity contribution in [3.8, 4) is 0 Å². The summed E-state index contributed by atoms with van der Waals surface area (Å²) < 4.78 is 22.4. The lowest BCUT2D eigenvalue weighted by molar-refractivity contribution is -0.123. The lowest BCUT2D eigenvalue weighted by Gasteiger charge is -2.35. The molecule has 8 heteroatoms. The highest BCUT2D eigenvalue weighted by atomic mass is 32.2. The van der Waals surface area contributed by atoms with Crippen LogP contribution in [0.3, 0.4) is 0 Å². The maximum atomic E-state index is 11.4. The number of anilines is 2. The Morgan fingerprint density at radius 2 is 1.83 bits per heavy atom. The minimum atomic E-state index is -2.10. The number of fused-ring (bicyclic) bond motifs is 2. The number of benzene rings is 2. The Kier molecular flexibility index (Phi) is 6.77. The maximum absolute atomic E-state index is 11.4. The van der Waals surface area contributed by atoms with Crippen LogP contribution < -0.4 is 10.6 Å². The van der Waals surface area contributed by atoms with E-state index in [4.69, 9.17) is 5.73 Å². The molecule has 4 rings (SSSR count). The van der Waals surface area contributed by atoms with E-state index >= 15 is 0 Å². The van der Waals surface area contributed by atoms with Crippen molar-refractivity contribution in [1.29, 1.82) is 0 Å². The van der Waals surface area contributed by atoms with Crippen LogP contribution in [0.4, 0.5) is 11.4 Å². The van der Waals surface area contributed by atoms with Gasteiger partial charge in [0.05, 0.1) is 11.4 Å². The van der Waals surface area contributed by atoms with Crippen LogP contribution in [-0.2, 0) is 21.6 Å². The monoisotopic (exact) mass is 444 g/mol. The van der Waals surface area contributed by atoms with E-state index in [9.17, 15) is 13.6 Å². The van der Waals surface area contributed by atoms with Crippen LogP contribution in [0.2, 0.25) is 0 Å². The van der Waals surface area contributed by atoms with Crippen LogP contribution in [0, 0.1) is 5.92 Å². The predicted octanol–water partition coefficient (Wildman–Crippen LogP) is 3.26. The van der Waals surface area contributed by atoms with Gasteiger partial charge in [-0.15, -0.1) is 0 Å². The number of hydrogen-bond acceptors (Lipinski definition) is 6. The number of nitrogens with two attached hydrogens (primary N) is 1. The lowest BCUT2D eigenvalue weighted by atomic mass is 9.96. The molecule has 1 saturated heterocycles. The highest BCUT2D eigenvalue weighted by Gasteiger charge is 2.25. The minimum absolute atomic E-state index is 0.0177. The van der Waals surface area contributed by atoms with E-state index in [-0.39, 0.29) is 17.6 Å². The smallest absolute Gasteiger partial charge is 0.220 e. The largest absolute Gasteiger partial charge is 0.772 e. The quantitative estimate of drug-likeness (QED) is 0.660. The number of carbonyl (C=O) groups excluding carboxylic acids is 1. The fraction of sp³-hybridized carbons (Fsp3) is 0.409. The molecule has 2 aromatic carbocycles. The average molecular weight is 445 g/mol. The van der Waals surface area contributed by atoms with E-state index in [1.807, 2.05) is 30.3 Å². The van der Waals surface area contributed by atoms with Gasteiger partial charge in [0.25, 0.3) is 0 Å². The highest BCUT2D eigenvalue weighted by Crippen LogP contribution is 2.48. The molecule has 0 spiro atoms. The molecule has 30 heavy (non-hydrogen) atoms. The molecule has 1 fully saturated rings. The molecule has 0 aliphatic carbocycles. The van der Waals surface area contributed by atoms with Gasteiger partial charge in [-0.3, -0.25) is 9.00 Å².